The highest BCUT2D eigenvalue weighted by Gasteiger charge is 2.13. The van der Waals surface area contributed by atoms with E-state index in [0.717, 1.165) is 23.6 Å². The molecule has 0 saturated heterocycles. The minimum atomic E-state index is -0.138. The normalized spacial score (nSPS) is 12.7. The molecule has 0 aliphatic carbocycles. The highest BCUT2D eigenvalue weighted by molar-refractivity contribution is 5.82. The summed E-state index contributed by atoms with van der Waals surface area (Å²) in [6, 6.07) is 10.1. The molecular formula is C17H20N4. The number of nitrogens with two attached hydrogens (primary N) is 1. The number of hydrogen-bond donors (Lipinski definition) is 1. The van der Waals surface area contributed by atoms with E-state index in [0.29, 0.717) is 6.42 Å². The van der Waals surface area contributed by atoms with Crippen molar-refractivity contribution in [2.75, 3.05) is 0 Å². The fourth-order valence-electron chi connectivity index (χ4n) is 2.68. The summed E-state index contributed by atoms with van der Waals surface area (Å²) < 4.78 is 2.12. The lowest BCUT2D eigenvalue weighted by Gasteiger charge is -2.14. The Kier molecular flexibility index (Phi) is 3.71. The van der Waals surface area contributed by atoms with Crippen LogP contribution in [0.3, 0.4) is 0 Å². The van der Waals surface area contributed by atoms with Gasteiger partial charge in [-0.25, -0.2) is 4.98 Å². The molecule has 0 saturated carbocycles. The molecule has 0 aliphatic rings. The van der Waals surface area contributed by atoms with Gasteiger partial charge in [-0.05, 0) is 31.5 Å². The van der Waals surface area contributed by atoms with Crippen LogP contribution in [0, 0.1) is 6.92 Å². The maximum Gasteiger partial charge on any atom is 0.110 e. The van der Waals surface area contributed by atoms with Crippen molar-refractivity contribution in [2.24, 2.45) is 5.73 Å². The van der Waals surface area contributed by atoms with Crippen LogP contribution in [0.5, 0.6) is 0 Å². The molecular weight excluding hydrogens is 260 g/mol. The predicted octanol–water partition coefficient (Wildman–Crippen LogP) is 3.00. The molecule has 0 spiro atoms. The van der Waals surface area contributed by atoms with Crippen LogP contribution in [0.2, 0.25) is 0 Å². The zero-order valence-electron chi connectivity index (χ0n) is 12.5. The van der Waals surface area contributed by atoms with Crippen molar-refractivity contribution >= 4 is 10.9 Å². The van der Waals surface area contributed by atoms with E-state index in [1.807, 2.05) is 30.6 Å². The van der Waals surface area contributed by atoms with E-state index >= 15 is 0 Å². The molecule has 2 N–H and O–H groups in total. The smallest absolute Gasteiger partial charge is 0.110 e. The number of para-hydroxylation sites is 1. The molecule has 1 atom stereocenters. The molecule has 4 heteroatoms. The van der Waals surface area contributed by atoms with Crippen LogP contribution in [0.25, 0.3) is 10.9 Å². The second-order valence-electron chi connectivity index (χ2n) is 5.32. The number of fused-ring (bicyclic) bond motifs is 1. The number of rotatable bonds is 4. The van der Waals surface area contributed by atoms with Gasteiger partial charge in [0.2, 0.25) is 0 Å². The first-order valence-electron chi connectivity index (χ1n) is 7.31. The number of hydrogen-bond acceptors (Lipinski definition) is 3. The van der Waals surface area contributed by atoms with Gasteiger partial charge in [-0.2, -0.15) is 0 Å². The maximum absolute atomic E-state index is 6.35. The number of nitrogens with zero attached hydrogens (tertiary/aromatic N) is 3. The van der Waals surface area contributed by atoms with Crippen molar-refractivity contribution in [1.82, 2.24) is 14.5 Å². The van der Waals surface area contributed by atoms with E-state index < -0.39 is 0 Å². The summed E-state index contributed by atoms with van der Waals surface area (Å²) in [4.78, 5) is 9.10. The van der Waals surface area contributed by atoms with Crippen molar-refractivity contribution < 1.29 is 0 Å². The average Bonchev–Trinajstić information content (AvgIpc) is 2.94. The van der Waals surface area contributed by atoms with Gasteiger partial charge in [-0.3, -0.25) is 4.98 Å². The van der Waals surface area contributed by atoms with E-state index in [4.69, 9.17) is 10.7 Å². The van der Waals surface area contributed by atoms with Crippen molar-refractivity contribution in [1.29, 1.82) is 0 Å². The van der Waals surface area contributed by atoms with Crippen molar-refractivity contribution in [3.05, 3.63) is 59.8 Å². The van der Waals surface area contributed by atoms with E-state index in [2.05, 4.69) is 35.5 Å². The fourth-order valence-corrected chi connectivity index (χ4v) is 2.68. The van der Waals surface area contributed by atoms with Gasteiger partial charge >= 0.3 is 0 Å². The minimum absolute atomic E-state index is 0.138. The molecule has 2 heterocycles. The zero-order valence-corrected chi connectivity index (χ0v) is 12.5. The van der Waals surface area contributed by atoms with Gasteiger partial charge in [0.1, 0.15) is 5.82 Å². The van der Waals surface area contributed by atoms with Crippen molar-refractivity contribution in [2.45, 2.75) is 32.9 Å². The lowest BCUT2D eigenvalue weighted by atomic mass is 10.0. The first kappa shape index (κ1) is 13.8. The molecule has 108 valence electrons. The molecule has 2 aromatic heterocycles. The topological polar surface area (TPSA) is 56.7 Å². The Morgan fingerprint density at radius 3 is 2.90 bits per heavy atom. The quantitative estimate of drug-likeness (QED) is 0.799. The fraction of sp³-hybridized carbons (Fsp3) is 0.294. The Balaban J connectivity index is 1.93. The zero-order chi connectivity index (χ0) is 14.8. The summed E-state index contributed by atoms with van der Waals surface area (Å²) in [5, 5.41) is 1.18. The van der Waals surface area contributed by atoms with Gasteiger partial charge in [-0.1, -0.05) is 18.2 Å². The molecule has 0 radical (unpaired) electrons. The van der Waals surface area contributed by atoms with E-state index in [1.54, 1.807) is 0 Å². The van der Waals surface area contributed by atoms with Crippen LogP contribution in [-0.2, 0) is 13.0 Å². The summed E-state index contributed by atoms with van der Waals surface area (Å²) in [5.74, 6) is 1.01. The molecule has 1 unspecified atom stereocenters. The summed E-state index contributed by atoms with van der Waals surface area (Å²) in [6.45, 7) is 5.12. The average molecular weight is 280 g/mol. The standard InChI is InChI=1S/C17H20N4/c1-3-21-9-8-19-17(21)11-14(18)16-10-12(2)13-6-4-5-7-15(13)20-16/h4-10,14H,3,11,18H2,1-2H3. The molecule has 21 heavy (non-hydrogen) atoms. The van der Waals surface area contributed by atoms with Crippen molar-refractivity contribution in [3.8, 4) is 0 Å². The third-order valence-corrected chi connectivity index (χ3v) is 3.87. The van der Waals surface area contributed by atoms with Crippen LogP contribution < -0.4 is 5.73 Å². The number of imidazole rings is 1. The Hall–Kier alpha value is -2.20. The monoisotopic (exact) mass is 280 g/mol. The minimum Gasteiger partial charge on any atom is -0.335 e. The Labute approximate surface area is 124 Å². The Morgan fingerprint density at radius 2 is 2.10 bits per heavy atom. The summed E-state index contributed by atoms with van der Waals surface area (Å²) in [7, 11) is 0. The van der Waals surface area contributed by atoms with Crippen LogP contribution >= 0.6 is 0 Å². The van der Waals surface area contributed by atoms with Crippen LogP contribution in [0.4, 0.5) is 0 Å². The molecule has 0 amide bonds. The molecule has 0 fully saturated rings. The second kappa shape index (κ2) is 5.66. The van der Waals surface area contributed by atoms with Gasteiger partial charge in [0.25, 0.3) is 0 Å². The number of aromatic nitrogens is 3. The lowest BCUT2D eigenvalue weighted by Crippen LogP contribution is -2.18. The summed E-state index contributed by atoms with van der Waals surface area (Å²) in [6.07, 6.45) is 4.51. The Morgan fingerprint density at radius 1 is 1.29 bits per heavy atom. The van der Waals surface area contributed by atoms with E-state index in [1.165, 1.54) is 10.9 Å². The molecule has 3 rings (SSSR count). The third-order valence-electron chi connectivity index (χ3n) is 3.87. The van der Waals surface area contributed by atoms with Gasteiger partial charge < -0.3 is 10.3 Å². The molecule has 3 aromatic rings. The lowest BCUT2D eigenvalue weighted by molar-refractivity contribution is 0.618. The molecule has 4 nitrogen and oxygen atoms in total. The highest BCUT2D eigenvalue weighted by atomic mass is 15.1. The van der Waals surface area contributed by atoms with Gasteiger partial charge in [-0.15, -0.1) is 0 Å². The predicted molar refractivity (Wildman–Crippen MR) is 85.0 cm³/mol. The largest absolute Gasteiger partial charge is 0.335 e. The first-order valence-corrected chi connectivity index (χ1v) is 7.31. The van der Waals surface area contributed by atoms with Gasteiger partial charge in [0, 0.05) is 30.7 Å². The summed E-state index contributed by atoms with van der Waals surface area (Å²) in [5.41, 5.74) is 9.50. The van der Waals surface area contributed by atoms with E-state index in [9.17, 15) is 0 Å². The summed E-state index contributed by atoms with van der Waals surface area (Å²) >= 11 is 0. The van der Waals surface area contributed by atoms with Crippen LogP contribution in [-0.4, -0.2) is 14.5 Å². The third kappa shape index (κ3) is 2.67. The first-order chi connectivity index (χ1) is 10.2. The second-order valence-corrected chi connectivity index (χ2v) is 5.32. The SMILES string of the molecule is CCn1ccnc1CC(N)c1cc(C)c2ccccc2n1. The number of aryl methyl sites for hydroxylation is 2. The van der Waals surface area contributed by atoms with Crippen molar-refractivity contribution in [3.63, 3.8) is 0 Å². The Bertz CT molecular complexity index is 760. The highest BCUT2D eigenvalue weighted by Crippen LogP contribution is 2.21. The van der Waals surface area contributed by atoms with Crippen LogP contribution in [0.1, 0.15) is 30.0 Å². The van der Waals surface area contributed by atoms with Gasteiger partial charge in [0.15, 0.2) is 0 Å². The maximum atomic E-state index is 6.35. The molecule has 0 aliphatic heterocycles. The van der Waals surface area contributed by atoms with Crippen LogP contribution in [0.15, 0.2) is 42.7 Å². The number of pyridine rings is 1. The number of benzene rings is 1. The van der Waals surface area contributed by atoms with E-state index in [-0.39, 0.29) is 6.04 Å². The van der Waals surface area contributed by atoms with Gasteiger partial charge in [0.05, 0.1) is 17.3 Å². The molecule has 0 bridgehead atoms. The molecule has 1 aromatic carbocycles.